The first-order valence-electron chi connectivity index (χ1n) is 11.6. The summed E-state index contributed by atoms with van der Waals surface area (Å²) in [6.07, 6.45) is 9.67. The van der Waals surface area contributed by atoms with E-state index in [1.54, 1.807) is 7.11 Å². The summed E-state index contributed by atoms with van der Waals surface area (Å²) in [6, 6.07) is 5.94. The maximum atomic E-state index is 10.7. The number of rotatable bonds is 9. The van der Waals surface area contributed by atoms with E-state index in [0.29, 0.717) is 22.1 Å². The van der Waals surface area contributed by atoms with Crippen molar-refractivity contribution in [3.05, 3.63) is 52.9 Å². The van der Waals surface area contributed by atoms with Gasteiger partial charge in [-0.3, -0.25) is 9.67 Å². The molecule has 0 spiro atoms. The lowest BCUT2D eigenvalue weighted by atomic mass is 10.1. The number of aromatic nitrogens is 4. The van der Waals surface area contributed by atoms with Gasteiger partial charge in [-0.2, -0.15) is 5.10 Å². The lowest BCUT2D eigenvalue weighted by Gasteiger charge is -2.14. The molecule has 0 aliphatic heterocycles. The highest BCUT2D eigenvalue weighted by Crippen LogP contribution is 2.36. The Morgan fingerprint density at radius 3 is 2.67 bits per heavy atom. The van der Waals surface area contributed by atoms with Crippen molar-refractivity contribution in [1.29, 1.82) is 0 Å². The SMILES string of the molecule is CC.CCCn1ccc2c(-n3c(C(=C/CC4CC4)/C(O)=C\CO)n[nH]c3=S)ccc(OC)c21. The number of aliphatic hydroxyl groups is 2. The molecule has 1 fully saturated rings. The van der Waals surface area contributed by atoms with Gasteiger partial charge >= 0.3 is 0 Å². The van der Waals surface area contributed by atoms with Crippen LogP contribution in [0, 0.1) is 10.7 Å². The maximum absolute atomic E-state index is 10.7. The first kappa shape index (κ1) is 24.8. The number of methoxy groups -OCH3 is 1. The van der Waals surface area contributed by atoms with Crippen molar-refractivity contribution in [3.63, 3.8) is 0 Å². The quantitative estimate of drug-likeness (QED) is 0.204. The number of H-pyrrole nitrogens is 1. The van der Waals surface area contributed by atoms with Gasteiger partial charge in [0.05, 0.1) is 30.5 Å². The molecule has 178 valence electrons. The Balaban J connectivity index is 0.00000149. The molecule has 3 aromatic rings. The summed E-state index contributed by atoms with van der Waals surface area (Å²) in [6.45, 7) is 6.75. The van der Waals surface area contributed by atoms with Gasteiger partial charge in [0.2, 0.25) is 0 Å². The number of aromatic amines is 1. The van der Waals surface area contributed by atoms with E-state index in [4.69, 9.17) is 17.0 Å². The number of fused-ring (bicyclic) bond motifs is 1. The van der Waals surface area contributed by atoms with Crippen LogP contribution in [0.1, 0.15) is 52.3 Å². The summed E-state index contributed by atoms with van der Waals surface area (Å²) in [5.74, 6) is 1.94. The van der Waals surface area contributed by atoms with Gasteiger partial charge in [-0.05, 0) is 68.1 Å². The third-order valence-electron chi connectivity index (χ3n) is 5.62. The third kappa shape index (κ3) is 5.23. The molecule has 0 saturated heterocycles. The summed E-state index contributed by atoms with van der Waals surface area (Å²) < 4.78 is 10.1. The van der Waals surface area contributed by atoms with Crippen molar-refractivity contribution in [3.8, 4) is 11.4 Å². The fraction of sp³-hybridized carbons (Fsp3) is 0.440. The minimum Gasteiger partial charge on any atom is -0.507 e. The van der Waals surface area contributed by atoms with E-state index in [-0.39, 0.29) is 12.4 Å². The zero-order chi connectivity index (χ0) is 24.0. The van der Waals surface area contributed by atoms with Crippen LogP contribution in [0.4, 0.5) is 0 Å². The van der Waals surface area contributed by atoms with Gasteiger partial charge in [-0.1, -0.05) is 26.8 Å². The number of aryl methyl sites for hydroxylation is 1. The molecule has 3 N–H and O–H groups in total. The molecule has 0 unspecified atom stereocenters. The Kier molecular flexibility index (Phi) is 8.52. The normalized spacial score (nSPS) is 14.3. The van der Waals surface area contributed by atoms with Gasteiger partial charge in [0, 0.05) is 18.1 Å². The Morgan fingerprint density at radius 1 is 1.27 bits per heavy atom. The molecule has 2 heterocycles. The fourth-order valence-corrected chi connectivity index (χ4v) is 4.14. The van der Waals surface area contributed by atoms with Crippen LogP contribution < -0.4 is 4.74 Å². The van der Waals surface area contributed by atoms with Crippen molar-refractivity contribution >= 4 is 28.7 Å². The summed E-state index contributed by atoms with van der Waals surface area (Å²) in [4.78, 5) is 0. The van der Waals surface area contributed by atoms with Crippen molar-refractivity contribution < 1.29 is 14.9 Å². The minimum atomic E-state index is -0.260. The molecule has 1 aromatic carbocycles. The smallest absolute Gasteiger partial charge is 0.200 e. The number of allylic oxidation sites excluding steroid dienone is 2. The maximum Gasteiger partial charge on any atom is 0.200 e. The highest BCUT2D eigenvalue weighted by Gasteiger charge is 2.23. The molecule has 7 nitrogen and oxygen atoms in total. The predicted octanol–water partition coefficient (Wildman–Crippen LogP) is 5.95. The first-order chi connectivity index (χ1) is 16.1. The highest BCUT2D eigenvalue weighted by molar-refractivity contribution is 7.71. The van der Waals surface area contributed by atoms with Crippen LogP contribution in [-0.2, 0) is 6.54 Å². The molecule has 1 aliphatic carbocycles. The second kappa shape index (κ2) is 11.3. The average Bonchev–Trinajstić information content (AvgIpc) is 3.45. The molecule has 0 atom stereocenters. The van der Waals surface area contributed by atoms with Crippen molar-refractivity contribution in [2.75, 3.05) is 13.7 Å². The summed E-state index contributed by atoms with van der Waals surface area (Å²) in [5.41, 5.74) is 2.41. The lowest BCUT2D eigenvalue weighted by molar-refractivity contribution is 0.333. The Morgan fingerprint density at radius 2 is 2.03 bits per heavy atom. The number of hydrogen-bond acceptors (Lipinski definition) is 5. The van der Waals surface area contributed by atoms with E-state index >= 15 is 0 Å². The number of ether oxygens (including phenoxy) is 1. The second-order valence-electron chi connectivity index (χ2n) is 7.81. The number of hydrogen-bond donors (Lipinski definition) is 3. The fourth-order valence-electron chi connectivity index (χ4n) is 3.91. The zero-order valence-corrected chi connectivity index (χ0v) is 20.7. The van der Waals surface area contributed by atoms with Gasteiger partial charge < -0.3 is 19.5 Å². The number of aliphatic hydroxyl groups excluding tert-OH is 2. The molecule has 1 aliphatic rings. The minimum absolute atomic E-state index is 0.00768. The standard InChI is InChI=1S/C23H28N4O3S.C2H6/c1-3-12-26-13-10-16-18(8-9-20(30-2)21(16)26)27-22(24-25-23(27)31)17(19(29)11-14-28)7-6-15-4-5-15;1-2/h7-11,13,15,28-29H,3-6,12,14H2,1-2H3,(H,25,31);1-2H3/b17-7+,19-11+;. The molecule has 0 amide bonds. The van der Waals surface area contributed by atoms with Crippen molar-refractivity contribution in [2.45, 2.75) is 53.0 Å². The Hall–Kier alpha value is -2.84. The molecule has 33 heavy (non-hydrogen) atoms. The largest absolute Gasteiger partial charge is 0.507 e. The van der Waals surface area contributed by atoms with E-state index < -0.39 is 0 Å². The number of benzene rings is 1. The topological polar surface area (TPSA) is 88.2 Å². The molecule has 0 radical (unpaired) electrons. The van der Waals surface area contributed by atoms with E-state index in [9.17, 15) is 10.2 Å². The summed E-state index contributed by atoms with van der Waals surface area (Å²) in [7, 11) is 1.67. The third-order valence-corrected chi connectivity index (χ3v) is 5.89. The monoisotopic (exact) mass is 470 g/mol. The van der Waals surface area contributed by atoms with E-state index in [1.165, 1.54) is 18.9 Å². The van der Waals surface area contributed by atoms with Gasteiger partial charge in [0.25, 0.3) is 0 Å². The predicted molar refractivity (Wildman–Crippen MR) is 136 cm³/mol. The van der Waals surface area contributed by atoms with Gasteiger partial charge in [0.1, 0.15) is 11.5 Å². The zero-order valence-electron chi connectivity index (χ0n) is 19.8. The van der Waals surface area contributed by atoms with Crippen LogP contribution >= 0.6 is 12.2 Å². The van der Waals surface area contributed by atoms with Crippen LogP contribution in [0.5, 0.6) is 5.75 Å². The van der Waals surface area contributed by atoms with E-state index in [2.05, 4.69) is 34.0 Å². The van der Waals surface area contributed by atoms with Gasteiger partial charge in [-0.25, -0.2) is 0 Å². The molecule has 8 heteroatoms. The highest BCUT2D eigenvalue weighted by atomic mass is 32.1. The lowest BCUT2D eigenvalue weighted by Crippen LogP contribution is -2.05. The first-order valence-corrected chi connectivity index (χ1v) is 12.0. The Bertz CT molecular complexity index is 1200. The summed E-state index contributed by atoms with van der Waals surface area (Å²) in [5, 5.41) is 28.3. The Labute approximate surface area is 200 Å². The van der Waals surface area contributed by atoms with E-state index in [0.717, 1.165) is 41.7 Å². The van der Waals surface area contributed by atoms with Crippen LogP contribution in [-0.4, -0.2) is 43.3 Å². The van der Waals surface area contributed by atoms with Crippen LogP contribution in [0.2, 0.25) is 0 Å². The average molecular weight is 471 g/mol. The van der Waals surface area contributed by atoms with Crippen molar-refractivity contribution in [1.82, 2.24) is 19.3 Å². The molecule has 0 bridgehead atoms. The molecular weight excluding hydrogens is 436 g/mol. The van der Waals surface area contributed by atoms with E-state index in [1.807, 2.05) is 36.6 Å². The van der Waals surface area contributed by atoms with Crippen LogP contribution in [0.3, 0.4) is 0 Å². The molecular formula is C25H34N4O3S. The molecule has 2 aromatic heterocycles. The van der Waals surface area contributed by atoms with Crippen LogP contribution in [0.15, 0.2) is 42.3 Å². The van der Waals surface area contributed by atoms with Gasteiger partial charge in [0.15, 0.2) is 10.6 Å². The van der Waals surface area contributed by atoms with Gasteiger partial charge in [-0.15, -0.1) is 0 Å². The number of nitrogens with one attached hydrogen (secondary N) is 1. The molecule has 4 rings (SSSR count). The second-order valence-corrected chi connectivity index (χ2v) is 8.20. The number of nitrogens with zero attached hydrogens (tertiary/aromatic N) is 3. The molecule has 1 saturated carbocycles. The van der Waals surface area contributed by atoms with Crippen LogP contribution in [0.25, 0.3) is 22.2 Å². The van der Waals surface area contributed by atoms with Crippen molar-refractivity contribution in [2.24, 2.45) is 5.92 Å². The summed E-state index contributed by atoms with van der Waals surface area (Å²) >= 11 is 5.58.